The summed E-state index contributed by atoms with van der Waals surface area (Å²) in [7, 11) is 0. The number of hydrogen-bond donors (Lipinski definition) is 1. The van der Waals surface area contributed by atoms with Crippen LogP contribution in [0.15, 0.2) is 42.6 Å². The lowest BCUT2D eigenvalue weighted by molar-refractivity contribution is 0.000892. The molecule has 1 aromatic carbocycles. The average molecular weight is 457 g/mol. The standard InChI is InChI=1S/C26H28N6O2/c1-16-11-24(30-32-13-17(2)27-26(16)32)18-3-4-21(25(33)12-18)23-6-5-22(28-29-23)19-14-31(15-19)20-7-9-34-10-8-20/h3-6,11-13,19-20,33H,7-10,14-15H2,1-2H3. The Hall–Kier alpha value is -3.36. The predicted octanol–water partition coefficient (Wildman–Crippen LogP) is 3.75. The van der Waals surface area contributed by atoms with E-state index >= 15 is 0 Å². The van der Waals surface area contributed by atoms with Crippen molar-refractivity contribution >= 4 is 5.65 Å². The second kappa shape index (κ2) is 8.45. The minimum absolute atomic E-state index is 0.162. The summed E-state index contributed by atoms with van der Waals surface area (Å²) in [6.45, 7) is 7.78. The zero-order chi connectivity index (χ0) is 23.2. The van der Waals surface area contributed by atoms with Crippen molar-refractivity contribution in [2.45, 2.75) is 38.6 Å². The Kier molecular flexibility index (Phi) is 5.27. The van der Waals surface area contributed by atoms with E-state index in [0.29, 0.717) is 23.2 Å². The molecule has 3 aromatic heterocycles. The van der Waals surface area contributed by atoms with Gasteiger partial charge in [-0.05, 0) is 62.6 Å². The number of rotatable bonds is 4. The molecule has 0 saturated carbocycles. The molecule has 8 nitrogen and oxygen atoms in total. The second-order valence-corrected chi connectivity index (χ2v) is 9.43. The van der Waals surface area contributed by atoms with Gasteiger partial charge in [0.15, 0.2) is 5.65 Å². The van der Waals surface area contributed by atoms with Gasteiger partial charge in [0, 0.05) is 49.4 Å². The zero-order valence-electron chi connectivity index (χ0n) is 19.5. The smallest absolute Gasteiger partial charge is 0.156 e. The fraction of sp³-hybridized carbons (Fsp3) is 0.385. The molecule has 2 aliphatic rings. The summed E-state index contributed by atoms with van der Waals surface area (Å²) in [5, 5.41) is 24.4. The van der Waals surface area contributed by atoms with Crippen LogP contribution >= 0.6 is 0 Å². The molecule has 0 amide bonds. The average Bonchev–Trinajstić information content (AvgIpc) is 3.20. The van der Waals surface area contributed by atoms with Crippen LogP contribution in [0.4, 0.5) is 0 Å². The van der Waals surface area contributed by atoms with Crippen LogP contribution < -0.4 is 0 Å². The van der Waals surface area contributed by atoms with E-state index in [0.717, 1.165) is 73.0 Å². The summed E-state index contributed by atoms with van der Waals surface area (Å²) >= 11 is 0. The number of ether oxygens (including phenoxy) is 1. The molecule has 0 unspecified atom stereocenters. The van der Waals surface area contributed by atoms with Gasteiger partial charge in [-0.2, -0.15) is 15.3 Å². The largest absolute Gasteiger partial charge is 0.507 e. The first-order valence-corrected chi connectivity index (χ1v) is 11.9. The van der Waals surface area contributed by atoms with Crippen molar-refractivity contribution < 1.29 is 9.84 Å². The molecule has 2 fully saturated rings. The fourth-order valence-electron chi connectivity index (χ4n) is 5.05. The highest BCUT2D eigenvalue weighted by Crippen LogP contribution is 2.34. The first-order valence-electron chi connectivity index (χ1n) is 11.9. The molecular formula is C26H28N6O2. The van der Waals surface area contributed by atoms with E-state index in [-0.39, 0.29) is 5.75 Å². The number of aromatic hydroxyl groups is 1. The van der Waals surface area contributed by atoms with Crippen LogP contribution in [0.1, 0.15) is 35.7 Å². The maximum atomic E-state index is 10.8. The van der Waals surface area contributed by atoms with E-state index in [1.807, 2.05) is 50.4 Å². The number of aryl methyl sites for hydroxylation is 2. The van der Waals surface area contributed by atoms with Gasteiger partial charge in [-0.3, -0.25) is 4.90 Å². The Labute approximate surface area is 198 Å². The molecule has 0 aliphatic carbocycles. The first-order chi connectivity index (χ1) is 16.5. The van der Waals surface area contributed by atoms with Crippen molar-refractivity contribution in [3.8, 4) is 28.3 Å². The Morgan fingerprint density at radius 1 is 0.971 bits per heavy atom. The summed E-state index contributed by atoms with van der Waals surface area (Å²) in [5.74, 6) is 0.590. The van der Waals surface area contributed by atoms with Gasteiger partial charge in [-0.15, -0.1) is 0 Å². The van der Waals surface area contributed by atoms with Crippen molar-refractivity contribution in [3.05, 3.63) is 59.5 Å². The quantitative estimate of drug-likeness (QED) is 0.500. The third-order valence-corrected chi connectivity index (χ3v) is 7.02. The highest BCUT2D eigenvalue weighted by atomic mass is 16.5. The van der Waals surface area contributed by atoms with Crippen LogP contribution in [0.3, 0.4) is 0 Å². The number of hydrogen-bond acceptors (Lipinski definition) is 7. The molecule has 0 spiro atoms. The van der Waals surface area contributed by atoms with Crippen LogP contribution in [-0.4, -0.2) is 67.1 Å². The Morgan fingerprint density at radius 3 is 2.53 bits per heavy atom. The molecule has 34 heavy (non-hydrogen) atoms. The number of phenols is 1. The normalized spacial score (nSPS) is 17.8. The molecule has 5 heterocycles. The zero-order valence-corrected chi connectivity index (χ0v) is 19.5. The summed E-state index contributed by atoms with van der Waals surface area (Å²) in [6, 6.07) is 12.2. The summed E-state index contributed by atoms with van der Waals surface area (Å²) < 4.78 is 7.26. The molecule has 8 heteroatoms. The Morgan fingerprint density at radius 2 is 1.79 bits per heavy atom. The second-order valence-electron chi connectivity index (χ2n) is 9.43. The van der Waals surface area contributed by atoms with Gasteiger partial charge in [0.25, 0.3) is 0 Å². The maximum absolute atomic E-state index is 10.8. The molecule has 6 rings (SSSR count). The van der Waals surface area contributed by atoms with Crippen LogP contribution in [0.2, 0.25) is 0 Å². The molecule has 2 aliphatic heterocycles. The van der Waals surface area contributed by atoms with Crippen LogP contribution in [0.5, 0.6) is 5.75 Å². The third kappa shape index (κ3) is 3.82. The first kappa shape index (κ1) is 21.2. The highest BCUT2D eigenvalue weighted by molar-refractivity contribution is 5.73. The van der Waals surface area contributed by atoms with Gasteiger partial charge in [0.2, 0.25) is 0 Å². The van der Waals surface area contributed by atoms with Crippen molar-refractivity contribution in [2.75, 3.05) is 26.3 Å². The van der Waals surface area contributed by atoms with Crippen molar-refractivity contribution in [1.29, 1.82) is 0 Å². The van der Waals surface area contributed by atoms with Crippen LogP contribution in [-0.2, 0) is 4.74 Å². The lowest BCUT2D eigenvalue weighted by atomic mass is 9.91. The SMILES string of the molecule is Cc1cn2nc(-c3ccc(-c4ccc(C5CN(C6CCOCC6)C5)nn4)c(O)c3)cc(C)c2n1. The summed E-state index contributed by atoms with van der Waals surface area (Å²) in [6.07, 6.45) is 4.15. The van der Waals surface area contributed by atoms with E-state index in [4.69, 9.17) is 4.74 Å². The molecule has 4 aromatic rings. The van der Waals surface area contributed by atoms with E-state index in [9.17, 15) is 5.11 Å². The molecule has 0 bridgehead atoms. The highest BCUT2D eigenvalue weighted by Gasteiger charge is 2.34. The third-order valence-electron chi connectivity index (χ3n) is 7.02. The number of imidazole rings is 1. The Bertz CT molecular complexity index is 1340. The fourth-order valence-corrected chi connectivity index (χ4v) is 5.05. The number of benzene rings is 1. The lowest BCUT2D eigenvalue weighted by Crippen LogP contribution is -2.52. The van der Waals surface area contributed by atoms with E-state index in [2.05, 4.69) is 25.2 Å². The van der Waals surface area contributed by atoms with Crippen molar-refractivity contribution in [1.82, 2.24) is 29.7 Å². The number of nitrogens with zero attached hydrogens (tertiary/aromatic N) is 6. The molecular weight excluding hydrogens is 428 g/mol. The number of phenolic OH excluding ortho intramolecular Hbond substituents is 1. The van der Waals surface area contributed by atoms with Gasteiger partial charge in [-0.25, -0.2) is 9.50 Å². The number of fused-ring (bicyclic) bond motifs is 1. The van der Waals surface area contributed by atoms with Gasteiger partial charge in [-0.1, -0.05) is 6.07 Å². The Balaban J connectivity index is 1.18. The van der Waals surface area contributed by atoms with Crippen LogP contribution in [0.25, 0.3) is 28.2 Å². The monoisotopic (exact) mass is 456 g/mol. The predicted molar refractivity (Wildman–Crippen MR) is 129 cm³/mol. The van der Waals surface area contributed by atoms with Crippen molar-refractivity contribution in [2.24, 2.45) is 0 Å². The van der Waals surface area contributed by atoms with E-state index in [1.54, 1.807) is 10.6 Å². The summed E-state index contributed by atoms with van der Waals surface area (Å²) in [4.78, 5) is 7.04. The van der Waals surface area contributed by atoms with Gasteiger partial charge >= 0.3 is 0 Å². The minimum Gasteiger partial charge on any atom is -0.507 e. The van der Waals surface area contributed by atoms with Crippen LogP contribution in [0, 0.1) is 13.8 Å². The maximum Gasteiger partial charge on any atom is 0.156 e. The molecule has 174 valence electrons. The minimum atomic E-state index is 0.162. The molecule has 0 atom stereocenters. The van der Waals surface area contributed by atoms with E-state index < -0.39 is 0 Å². The van der Waals surface area contributed by atoms with Gasteiger partial charge in [0.05, 0.1) is 29.0 Å². The van der Waals surface area contributed by atoms with E-state index in [1.165, 1.54) is 0 Å². The molecule has 1 N–H and O–H groups in total. The van der Waals surface area contributed by atoms with Crippen molar-refractivity contribution in [3.63, 3.8) is 0 Å². The summed E-state index contributed by atoms with van der Waals surface area (Å²) in [5.41, 5.74) is 6.77. The lowest BCUT2D eigenvalue weighted by Gasteiger charge is -2.45. The van der Waals surface area contributed by atoms with Gasteiger partial charge in [0.1, 0.15) is 5.75 Å². The molecule has 0 radical (unpaired) electrons. The topological polar surface area (TPSA) is 88.7 Å². The molecule has 2 saturated heterocycles. The number of aromatic nitrogens is 5. The van der Waals surface area contributed by atoms with Gasteiger partial charge < -0.3 is 9.84 Å². The number of likely N-dealkylation sites (tertiary alicyclic amines) is 1.